The molecule has 0 bridgehead atoms. The van der Waals surface area contributed by atoms with Gasteiger partial charge in [-0.15, -0.1) is 0 Å². The van der Waals surface area contributed by atoms with E-state index in [2.05, 4.69) is 43.7 Å². The highest BCUT2D eigenvalue weighted by Crippen LogP contribution is 2.02. The largest absolute Gasteiger partial charge is 0.324 e. The van der Waals surface area contributed by atoms with Gasteiger partial charge in [0, 0.05) is 64.7 Å². The van der Waals surface area contributed by atoms with Crippen molar-refractivity contribution in [3.63, 3.8) is 0 Å². The Morgan fingerprint density at radius 1 is 0.960 bits per heavy atom. The summed E-state index contributed by atoms with van der Waals surface area (Å²) in [5.41, 5.74) is 6.20. The van der Waals surface area contributed by atoms with Gasteiger partial charge in [0.25, 0.3) is 0 Å². The highest BCUT2D eigenvalue weighted by Gasteiger charge is 2.16. The van der Waals surface area contributed by atoms with Crippen LogP contribution >= 0.6 is 0 Å². The third-order valence-electron chi connectivity index (χ3n) is 4.41. The number of hydrogen-bond acceptors (Lipinski definition) is 8. The molecule has 1 aliphatic heterocycles. The molecule has 1 rings (SSSR count). The van der Waals surface area contributed by atoms with Gasteiger partial charge >= 0.3 is 0 Å². The van der Waals surface area contributed by atoms with E-state index in [1.54, 1.807) is 0 Å². The summed E-state index contributed by atoms with van der Waals surface area (Å²) in [5.74, 6) is 0. The molecule has 8 nitrogen and oxygen atoms in total. The lowest BCUT2D eigenvalue weighted by Crippen LogP contribution is -2.49. The van der Waals surface area contributed by atoms with Crippen LogP contribution in [0.15, 0.2) is 0 Å². The fraction of sp³-hybridized carbons (Fsp3) is 1.00. The number of nitrogens with two attached hydrogens (primary N) is 1. The van der Waals surface area contributed by atoms with Gasteiger partial charge in [-0.25, -0.2) is 0 Å². The Bertz CT molecular complexity index is 300. The molecule has 0 radical (unpaired) electrons. The zero-order valence-corrected chi connectivity index (χ0v) is 16.4. The first-order valence-electron chi connectivity index (χ1n) is 9.83. The summed E-state index contributed by atoms with van der Waals surface area (Å²) in [7, 11) is 1.98. The third-order valence-corrected chi connectivity index (χ3v) is 4.41. The van der Waals surface area contributed by atoms with Gasteiger partial charge in [0.1, 0.15) is 0 Å². The number of nitrogens with zero attached hydrogens (tertiary/aromatic N) is 1. The predicted octanol–water partition coefficient (Wildman–Crippen LogP) is -2.12. The van der Waals surface area contributed by atoms with E-state index in [4.69, 9.17) is 5.73 Å². The molecule has 8 N–H and O–H groups in total. The van der Waals surface area contributed by atoms with E-state index in [0.29, 0.717) is 0 Å². The molecule has 0 aromatic carbocycles. The lowest BCUT2D eigenvalue weighted by atomic mass is 9.99. The zero-order valence-electron chi connectivity index (χ0n) is 16.4. The quantitative estimate of drug-likeness (QED) is 0.280. The van der Waals surface area contributed by atoms with Crippen LogP contribution in [0.2, 0.25) is 0 Å². The maximum absolute atomic E-state index is 6.35. The molecule has 1 fully saturated rings. The minimum absolute atomic E-state index is 0.150. The van der Waals surface area contributed by atoms with Gasteiger partial charge < -0.3 is 37.6 Å². The molecule has 25 heavy (non-hydrogen) atoms. The Morgan fingerprint density at radius 3 is 2.52 bits per heavy atom. The van der Waals surface area contributed by atoms with Gasteiger partial charge in [-0.05, 0) is 46.4 Å². The molecular formula is C17H42N8. The Hall–Kier alpha value is -0.320. The summed E-state index contributed by atoms with van der Waals surface area (Å²) in [4.78, 5) is 2.41. The normalized spacial score (nSPS) is 27.0. The molecule has 0 aliphatic carbocycles. The predicted molar refractivity (Wildman–Crippen MR) is 107 cm³/mol. The number of likely N-dealkylation sites (N-methyl/N-ethyl adjacent to an activating group) is 1. The topological polar surface area (TPSA) is 101 Å². The fourth-order valence-corrected chi connectivity index (χ4v) is 2.74. The van der Waals surface area contributed by atoms with E-state index in [-0.39, 0.29) is 5.54 Å². The van der Waals surface area contributed by atoms with Gasteiger partial charge in [-0.2, -0.15) is 0 Å². The van der Waals surface area contributed by atoms with Crippen molar-refractivity contribution in [2.75, 3.05) is 85.8 Å². The van der Waals surface area contributed by atoms with Crippen LogP contribution in [-0.2, 0) is 0 Å². The summed E-state index contributed by atoms with van der Waals surface area (Å²) in [6.45, 7) is 13.8. The SMILES string of the molecule is CNCCNCN1CCNCCCNCC[C@](C)(N)CNCCNC1. The summed E-state index contributed by atoms with van der Waals surface area (Å²) < 4.78 is 0. The van der Waals surface area contributed by atoms with Gasteiger partial charge in [0.05, 0.1) is 0 Å². The first kappa shape index (κ1) is 22.7. The molecule has 1 heterocycles. The first-order chi connectivity index (χ1) is 12.1. The summed E-state index contributed by atoms with van der Waals surface area (Å²) in [5, 5.41) is 20.7. The molecule has 0 spiro atoms. The van der Waals surface area contributed by atoms with Crippen LogP contribution in [0.3, 0.4) is 0 Å². The van der Waals surface area contributed by atoms with E-state index >= 15 is 0 Å². The van der Waals surface area contributed by atoms with Crippen molar-refractivity contribution in [3.8, 4) is 0 Å². The number of rotatable bonds is 5. The van der Waals surface area contributed by atoms with Crippen LogP contribution in [-0.4, -0.2) is 96.3 Å². The second-order valence-electron chi connectivity index (χ2n) is 7.25. The van der Waals surface area contributed by atoms with E-state index < -0.39 is 0 Å². The van der Waals surface area contributed by atoms with Crippen LogP contribution in [0.25, 0.3) is 0 Å². The van der Waals surface area contributed by atoms with E-state index in [0.717, 1.165) is 91.6 Å². The molecule has 0 unspecified atom stereocenters. The van der Waals surface area contributed by atoms with Gasteiger partial charge in [0.15, 0.2) is 0 Å². The van der Waals surface area contributed by atoms with E-state index in [1.807, 2.05) is 7.05 Å². The van der Waals surface area contributed by atoms with Crippen molar-refractivity contribution < 1.29 is 0 Å². The Balaban J connectivity index is 2.33. The monoisotopic (exact) mass is 358 g/mol. The average Bonchev–Trinajstić information content (AvgIpc) is 2.58. The van der Waals surface area contributed by atoms with Crippen molar-refractivity contribution in [1.29, 1.82) is 0 Å². The molecule has 0 aromatic heterocycles. The summed E-state index contributed by atoms with van der Waals surface area (Å²) >= 11 is 0. The summed E-state index contributed by atoms with van der Waals surface area (Å²) in [6.07, 6.45) is 2.14. The van der Waals surface area contributed by atoms with E-state index in [9.17, 15) is 0 Å². The Morgan fingerprint density at radius 2 is 1.72 bits per heavy atom. The highest BCUT2D eigenvalue weighted by atomic mass is 15.3. The zero-order chi connectivity index (χ0) is 18.2. The maximum Gasteiger partial charge on any atom is 0.0493 e. The third kappa shape index (κ3) is 13.5. The van der Waals surface area contributed by atoms with Crippen molar-refractivity contribution in [2.45, 2.75) is 25.3 Å². The minimum atomic E-state index is -0.150. The Kier molecular flexibility index (Phi) is 13.5. The molecule has 0 saturated carbocycles. The lowest BCUT2D eigenvalue weighted by Gasteiger charge is -2.26. The van der Waals surface area contributed by atoms with E-state index in [1.165, 1.54) is 0 Å². The van der Waals surface area contributed by atoms with Crippen molar-refractivity contribution in [3.05, 3.63) is 0 Å². The van der Waals surface area contributed by atoms with Crippen LogP contribution in [0.5, 0.6) is 0 Å². The highest BCUT2D eigenvalue weighted by molar-refractivity contribution is 4.82. The molecule has 8 heteroatoms. The smallest absolute Gasteiger partial charge is 0.0493 e. The van der Waals surface area contributed by atoms with Crippen LogP contribution < -0.4 is 37.6 Å². The maximum atomic E-state index is 6.35. The Labute approximate surface area is 154 Å². The molecule has 1 atom stereocenters. The van der Waals surface area contributed by atoms with Gasteiger partial charge in [-0.1, -0.05) is 0 Å². The first-order valence-corrected chi connectivity index (χ1v) is 9.83. The second kappa shape index (κ2) is 14.8. The number of hydrogen-bond donors (Lipinski definition) is 7. The van der Waals surface area contributed by atoms with Gasteiger partial charge in [-0.3, -0.25) is 4.90 Å². The lowest BCUT2D eigenvalue weighted by molar-refractivity contribution is 0.234. The van der Waals surface area contributed by atoms with Gasteiger partial charge in [0.2, 0.25) is 0 Å². The van der Waals surface area contributed by atoms with Crippen LogP contribution in [0.4, 0.5) is 0 Å². The van der Waals surface area contributed by atoms with Crippen LogP contribution in [0, 0.1) is 0 Å². The molecule has 1 aliphatic rings. The summed E-state index contributed by atoms with van der Waals surface area (Å²) in [6, 6.07) is 0. The molecule has 1 saturated heterocycles. The van der Waals surface area contributed by atoms with Crippen molar-refractivity contribution >= 4 is 0 Å². The van der Waals surface area contributed by atoms with Crippen molar-refractivity contribution in [1.82, 2.24) is 36.8 Å². The standard InChI is InChI=1S/C17H42N8/c1-17(18)4-7-20-5-3-6-21-12-13-25(15-23-9-8-19-2)16-24-11-10-22-14-17/h19-24H,3-16,18H2,1-2H3/t17-/m0/s1. The molecule has 0 amide bonds. The average molecular weight is 359 g/mol. The molecule has 150 valence electrons. The molecule has 0 aromatic rings. The fourth-order valence-electron chi connectivity index (χ4n) is 2.74. The van der Waals surface area contributed by atoms with Crippen LogP contribution in [0.1, 0.15) is 19.8 Å². The second-order valence-corrected chi connectivity index (χ2v) is 7.25. The number of nitrogens with one attached hydrogen (secondary N) is 6. The minimum Gasteiger partial charge on any atom is -0.324 e. The molecular weight excluding hydrogens is 316 g/mol. The van der Waals surface area contributed by atoms with Crippen molar-refractivity contribution in [2.24, 2.45) is 5.73 Å².